The van der Waals surface area contributed by atoms with Crippen molar-refractivity contribution in [2.75, 3.05) is 0 Å². The second-order valence-electron chi connectivity index (χ2n) is 13.2. The summed E-state index contributed by atoms with van der Waals surface area (Å²) in [5.41, 5.74) is 13.0. The first kappa shape index (κ1) is 21.5. The number of rotatable bonds is 1. The Morgan fingerprint density at radius 1 is 0.727 bits per heavy atom. The highest BCUT2D eigenvalue weighted by molar-refractivity contribution is 5.80. The van der Waals surface area contributed by atoms with Crippen LogP contribution in [0, 0.1) is 17.8 Å². The van der Waals surface area contributed by atoms with Crippen molar-refractivity contribution in [3.8, 4) is 11.1 Å². The first-order valence-corrected chi connectivity index (χ1v) is 13.3. The lowest BCUT2D eigenvalue weighted by Gasteiger charge is -2.36. The van der Waals surface area contributed by atoms with Crippen LogP contribution in [-0.4, -0.2) is 0 Å². The molecular formula is C33H40. The van der Waals surface area contributed by atoms with Gasteiger partial charge < -0.3 is 0 Å². The first-order valence-electron chi connectivity index (χ1n) is 13.3. The SMILES string of the molecule is CC(C)(C)c1ccc2c(c1)C(C1C3=C(CC=C3)C3CCCCC31)c1cc(C(C)(C)C)ccc1-2. The molecule has 0 heteroatoms. The van der Waals surface area contributed by atoms with E-state index in [1.165, 1.54) is 54.4 Å². The number of hydrogen-bond acceptors (Lipinski definition) is 0. The third-order valence-electron chi connectivity index (χ3n) is 9.25. The molecule has 0 saturated heterocycles. The van der Waals surface area contributed by atoms with Gasteiger partial charge in [-0.1, -0.05) is 109 Å². The van der Waals surface area contributed by atoms with Gasteiger partial charge in [0.2, 0.25) is 0 Å². The molecule has 0 aromatic heterocycles. The summed E-state index contributed by atoms with van der Waals surface area (Å²) in [5.74, 6) is 2.81. The Bertz CT molecular complexity index is 1110. The minimum atomic E-state index is 0.172. The second-order valence-corrected chi connectivity index (χ2v) is 13.2. The van der Waals surface area contributed by atoms with Crippen molar-refractivity contribution in [2.45, 2.75) is 90.4 Å². The van der Waals surface area contributed by atoms with Crippen LogP contribution in [0.25, 0.3) is 11.1 Å². The van der Waals surface area contributed by atoms with Gasteiger partial charge in [-0.2, -0.15) is 0 Å². The maximum atomic E-state index is 2.59. The van der Waals surface area contributed by atoms with Gasteiger partial charge in [-0.05, 0) is 86.8 Å². The van der Waals surface area contributed by atoms with Crippen LogP contribution < -0.4 is 0 Å². The fraction of sp³-hybridized carbons (Fsp3) is 0.515. The van der Waals surface area contributed by atoms with Gasteiger partial charge in [0.25, 0.3) is 0 Å². The summed E-state index contributed by atoms with van der Waals surface area (Å²) in [6.45, 7) is 14.1. The highest BCUT2D eigenvalue weighted by Gasteiger charge is 2.49. The van der Waals surface area contributed by atoms with Crippen molar-refractivity contribution in [1.82, 2.24) is 0 Å². The minimum Gasteiger partial charge on any atom is -0.0802 e. The normalized spacial score (nSPS) is 26.4. The average molecular weight is 437 g/mol. The van der Waals surface area contributed by atoms with Crippen molar-refractivity contribution in [3.63, 3.8) is 0 Å². The molecule has 1 saturated carbocycles. The molecule has 3 atom stereocenters. The predicted molar refractivity (Wildman–Crippen MR) is 141 cm³/mol. The molecule has 0 heterocycles. The van der Waals surface area contributed by atoms with Crippen molar-refractivity contribution < 1.29 is 0 Å². The van der Waals surface area contributed by atoms with Crippen LogP contribution in [0.4, 0.5) is 0 Å². The predicted octanol–water partition coefficient (Wildman–Crippen LogP) is 9.09. The molecule has 33 heavy (non-hydrogen) atoms. The summed E-state index contributed by atoms with van der Waals surface area (Å²) < 4.78 is 0. The van der Waals surface area contributed by atoms with E-state index in [9.17, 15) is 0 Å². The maximum Gasteiger partial charge on any atom is 0.0173 e. The van der Waals surface area contributed by atoms with E-state index in [2.05, 4.69) is 90.1 Å². The second kappa shape index (κ2) is 7.21. The Morgan fingerprint density at radius 2 is 1.30 bits per heavy atom. The van der Waals surface area contributed by atoms with Crippen LogP contribution in [0.1, 0.15) is 102 Å². The van der Waals surface area contributed by atoms with E-state index in [0.29, 0.717) is 11.8 Å². The third-order valence-corrected chi connectivity index (χ3v) is 9.25. The molecule has 2 aromatic carbocycles. The van der Waals surface area contributed by atoms with Gasteiger partial charge in [0, 0.05) is 5.92 Å². The summed E-state index contributed by atoms with van der Waals surface area (Å²) in [4.78, 5) is 0. The lowest BCUT2D eigenvalue weighted by Crippen LogP contribution is -2.27. The van der Waals surface area contributed by atoms with Gasteiger partial charge in [-0.3, -0.25) is 0 Å². The molecule has 4 aliphatic rings. The van der Waals surface area contributed by atoms with E-state index in [0.717, 1.165) is 11.8 Å². The highest BCUT2D eigenvalue weighted by Crippen LogP contribution is 2.61. The summed E-state index contributed by atoms with van der Waals surface area (Å²) in [5, 5.41) is 0. The summed E-state index contributed by atoms with van der Waals surface area (Å²) in [6, 6.07) is 14.8. The molecule has 0 aliphatic heterocycles. The van der Waals surface area contributed by atoms with Crippen molar-refractivity contribution in [2.24, 2.45) is 17.8 Å². The Kier molecular flexibility index (Phi) is 4.69. The average Bonchev–Trinajstić information content (AvgIpc) is 3.43. The Balaban J connectivity index is 1.57. The van der Waals surface area contributed by atoms with E-state index < -0.39 is 0 Å². The number of benzene rings is 2. The molecule has 4 aliphatic carbocycles. The van der Waals surface area contributed by atoms with Crippen LogP contribution in [0.15, 0.2) is 59.7 Å². The highest BCUT2D eigenvalue weighted by atomic mass is 14.5. The van der Waals surface area contributed by atoms with Crippen LogP contribution in [0.3, 0.4) is 0 Å². The topological polar surface area (TPSA) is 0 Å². The summed E-state index contributed by atoms with van der Waals surface area (Å²) in [7, 11) is 0. The van der Waals surface area contributed by atoms with E-state index in [1.807, 2.05) is 0 Å². The monoisotopic (exact) mass is 436 g/mol. The molecule has 0 N–H and O–H groups in total. The standard InChI is InChI=1S/C33H40/c1-32(2,3)20-14-16-24-25-17-15-21(33(4,5)6)19-29(25)31(28(24)18-20)30-26-11-8-7-10-22(26)23-12-9-13-27(23)30/h9,13-19,22,26,30-31H,7-8,10-12H2,1-6H3. The third kappa shape index (κ3) is 3.23. The van der Waals surface area contributed by atoms with Crippen LogP contribution in [-0.2, 0) is 10.8 Å². The summed E-state index contributed by atoms with van der Waals surface area (Å²) >= 11 is 0. The molecule has 0 bridgehead atoms. The quantitative estimate of drug-likeness (QED) is 0.418. The van der Waals surface area contributed by atoms with E-state index in [-0.39, 0.29) is 10.8 Å². The van der Waals surface area contributed by atoms with Gasteiger partial charge in [-0.15, -0.1) is 0 Å². The molecular weight excluding hydrogens is 396 g/mol. The molecule has 3 unspecified atom stereocenters. The molecule has 2 aromatic rings. The zero-order valence-corrected chi connectivity index (χ0v) is 21.5. The van der Waals surface area contributed by atoms with Crippen molar-refractivity contribution in [1.29, 1.82) is 0 Å². The Morgan fingerprint density at radius 3 is 1.88 bits per heavy atom. The van der Waals surface area contributed by atoms with Crippen molar-refractivity contribution >= 4 is 0 Å². The number of fused-ring (bicyclic) bond motifs is 5. The van der Waals surface area contributed by atoms with Crippen LogP contribution in [0.2, 0.25) is 0 Å². The van der Waals surface area contributed by atoms with Crippen LogP contribution >= 0.6 is 0 Å². The molecule has 6 rings (SSSR count). The van der Waals surface area contributed by atoms with Crippen molar-refractivity contribution in [3.05, 3.63) is 82.0 Å². The number of hydrogen-bond donors (Lipinski definition) is 0. The van der Waals surface area contributed by atoms with E-state index >= 15 is 0 Å². The Hall–Kier alpha value is -2.08. The first-order chi connectivity index (χ1) is 15.6. The number of allylic oxidation sites excluding steroid dienone is 4. The molecule has 0 amide bonds. The Labute approximate surface area is 201 Å². The van der Waals surface area contributed by atoms with Gasteiger partial charge >= 0.3 is 0 Å². The lowest BCUT2D eigenvalue weighted by atomic mass is 9.68. The molecule has 172 valence electrons. The lowest BCUT2D eigenvalue weighted by molar-refractivity contribution is 0.224. The van der Waals surface area contributed by atoms with E-state index in [1.54, 1.807) is 22.3 Å². The molecule has 0 nitrogen and oxygen atoms in total. The van der Waals surface area contributed by atoms with Gasteiger partial charge in [0.1, 0.15) is 0 Å². The minimum absolute atomic E-state index is 0.172. The fourth-order valence-electron chi connectivity index (χ4n) is 7.53. The molecule has 1 fully saturated rings. The van der Waals surface area contributed by atoms with Gasteiger partial charge in [0.15, 0.2) is 0 Å². The smallest absolute Gasteiger partial charge is 0.0173 e. The zero-order chi connectivity index (χ0) is 23.1. The molecule has 0 radical (unpaired) electrons. The van der Waals surface area contributed by atoms with Gasteiger partial charge in [-0.25, -0.2) is 0 Å². The largest absolute Gasteiger partial charge is 0.0802 e. The van der Waals surface area contributed by atoms with Gasteiger partial charge in [0.05, 0.1) is 0 Å². The molecule has 0 spiro atoms. The van der Waals surface area contributed by atoms with E-state index in [4.69, 9.17) is 0 Å². The maximum absolute atomic E-state index is 2.59. The fourth-order valence-corrected chi connectivity index (χ4v) is 7.53. The summed E-state index contributed by atoms with van der Waals surface area (Å²) in [6.07, 6.45) is 11.9. The van der Waals surface area contributed by atoms with Crippen LogP contribution in [0.5, 0.6) is 0 Å². The zero-order valence-electron chi connectivity index (χ0n) is 21.5.